The number of aryl methyl sites for hydroxylation is 1. The van der Waals surface area contributed by atoms with E-state index in [9.17, 15) is 8.78 Å². The van der Waals surface area contributed by atoms with Crippen molar-refractivity contribution in [3.8, 4) is 17.1 Å². The van der Waals surface area contributed by atoms with Crippen LogP contribution in [-0.4, -0.2) is 31.4 Å². The Morgan fingerprint density at radius 1 is 0.914 bits per heavy atom. The van der Waals surface area contributed by atoms with E-state index in [0.29, 0.717) is 40.1 Å². The zero-order valence-corrected chi connectivity index (χ0v) is 19.8. The number of thioether (sulfide) groups is 1. The summed E-state index contributed by atoms with van der Waals surface area (Å²) >= 11 is 1.34. The molecule has 178 valence electrons. The smallest absolute Gasteiger partial charge is 0.320 e. The van der Waals surface area contributed by atoms with E-state index in [2.05, 4.69) is 27.3 Å². The van der Waals surface area contributed by atoms with Crippen LogP contribution in [0.25, 0.3) is 22.4 Å². The molecule has 3 aromatic carbocycles. The highest BCUT2D eigenvalue weighted by molar-refractivity contribution is 7.98. The van der Waals surface area contributed by atoms with E-state index in [4.69, 9.17) is 4.74 Å². The van der Waals surface area contributed by atoms with Crippen LogP contribution >= 0.6 is 11.8 Å². The number of benzene rings is 3. The third kappa shape index (κ3) is 4.77. The Kier molecular flexibility index (Phi) is 6.76. The third-order valence-corrected chi connectivity index (χ3v) is 6.69. The summed E-state index contributed by atoms with van der Waals surface area (Å²) in [5, 5.41) is 9.51. The number of rotatable bonds is 9. The molecular weight excluding hydrogens is 468 g/mol. The summed E-state index contributed by atoms with van der Waals surface area (Å²) in [5.41, 5.74) is 2.96. The quantitative estimate of drug-likeness (QED) is 0.229. The molecule has 0 unspecified atom stereocenters. The summed E-state index contributed by atoms with van der Waals surface area (Å²) in [6, 6.07) is 24.7. The molecule has 2 heterocycles. The van der Waals surface area contributed by atoms with E-state index in [1.807, 2.05) is 47.0 Å². The van der Waals surface area contributed by atoms with Gasteiger partial charge in [-0.05, 0) is 36.2 Å². The number of nitrogens with zero attached hydrogens (tertiary/aromatic N) is 5. The molecule has 0 aliphatic rings. The lowest BCUT2D eigenvalue weighted by molar-refractivity contribution is 0.0722. The lowest BCUT2D eigenvalue weighted by atomic mass is 10.1. The van der Waals surface area contributed by atoms with Crippen molar-refractivity contribution in [2.45, 2.75) is 30.4 Å². The van der Waals surface area contributed by atoms with Crippen LogP contribution in [0.2, 0.25) is 0 Å². The number of para-hydroxylation sites is 3. The van der Waals surface area contributed by atoms with Gasteiger partial charge in [-0.3, -0.25) is 4.57 Å². The van der Waals surface area contributed by atoms with Gasteiger partial charge in [-0.1, -0.05) is 66.4 Å². The molecule has 0 saturated heterocycles. The first-order valence-corrected chi connectivity index (χ1v) is 12.1. The van der Waals surface area contributed by atoms with Gasteiger partial charge >= 0.3 is 6.55 Å². The van der Waals surface area contributed by atoms with Crippen LogP contribution in [-0.2, 0) is 18.7 Å². The Bertz CT molecular complexity index is 1430. The number of alkyl halides is 2. The van der Waals surface area contributed by atoms with E-state index in [0.717, 1.165) is 16.6 Å². The second-order valence-electron chi connectivity index (χ2n) is 7.85. The van der Waals surface area contributed by atoms with Crippen molar-refractivity contribution >= 4 is 22.8 Å². The number of ether oxygens (including phenoxy) is 1. The monoisotopic (exact) mass is 491 g/mol. The molecular formula is C26H23F2N5OS. The minimum Gasteiger partial charge on any atom is -0.496 e. The maximum Gasteiger partial charge on any atom is 0.320 e. The SMILES string of the molecule is COc1ccccc1-c1nnc(SCc2nc3ccccc3n2C(F)F)n1CCc1ccccc1. The number of hydrogen-bond donors (Lipinski definition) is 0. The molecule has 5 aromatic rings. The highest BCUT2D eigenvalue weighted by Crippen LogP contribution is 2.33. The molecule has 35 heavy (non-hydrogen) atoms. The van der Waals surface area contributed by atoms with Gasteiger partial charge in [-0.15, -0.1) is 10.2 Å². The minimum atomic E-state index is -2.68. The zero-order valence-electron chi connectivity index (χ0n) is 19.0. The molecule has 9 heteroatoms. The van der Waals surface area contributed by atoms with Gasteiger partial charge in [0.15, 0.2) is 11.0 Å². The van der Waals surface area contributed by atoms with Crippen LogP contribution in [0.1, 0.15) is 17.9 Å². The number of fused-ring (bicyclic) bond motifs is 1. The normalized spacial score (nSPS) is 11.4. The van der Waals surface area contributed by atoms with Crippen molar-refractivity contribution in [3.05, 3.63) is 90.3 Å². The fourth-order valence-corrected chi connectivity index (χ4v) is 4.95. The molecule has 2 aromatic heterocycles. The first kappa shape index (κ1) is 23.0. The summed E-state index contributed by atoms with van der Waals surface area (Å²) in [6.07, 6.45) is 0.768. The number of aromatic nitrogens is 5. The van der Waals surface area contributed by atoms with Crippen LogP contribution in [0.3, 0.4) is 0 Å². The summed E-state index contributed by atoms with van der Waals surface area (Å²) < 4.78 is 36.3. The standard InChI is InChI=1S/C26H23F2N5OS/c1-34-22-14-8-5-11-19(22)24-30-31-26(32(24)16-15-18-9-3-2-4-10-18)35-17-23-29-20-12-6-7-13-21(20)33(23)25(27)28/h2-14,25H,15-17H2,1H3. The van der Waals surface area contributed by atoms with Gasteiger partial charge in [0, 0.05) is 6.54 Å². The molecule has 0 fully saturated rings. The molecule has 6 nitrogen and oxygen atoms in total. The molecule has 0 saturated carbocycles. The summed E-state index contributed by atoms with van der Waals surface area (Å²) in [7, 11) is 1.62. The van der Waals surface area contributed by atoms with Crippen LogP contribution in [0.5, 0.6) is 5.75 Å². The summed E-state index contributed by atoms with van der Waals surface area (Å²) in [4.78, 5) is 4.45. The molecule has 0 N–H and O–H groups in total. The average molecular weight is 492 g/mol. The predicted molar refractivity (Wildman–Crippen MR) is 133 cm³/mol. The Hall–Kier alpha value is -3.72. The van der Waals surface area contributed by atoms with Gasteiger partial charge in [-0.25, -0.2) is 4.98 Å². The number of halogens is 2. The van der Waals surface area contributed by atoms with Gasteiger partial charge in [0.25, 0.3) is 0 Å². The minimum absolute atomic E-state index is 0.231. The fraction of sp³-hybridized carbons (Fsp3) is 0.192. The molecule has 5 rings (SSSR count). The van der Waals surface area contributed by atoms with Crippen molar-refractivity contribution in [1.29, 1.82) is 0 Å². The molecule has 0 amide bonds. The Morgan fingerprint density at radius 3 is 2.46 bits per heavy atom. The average Bonchev–Trinajstić information content (AvgIpc) is 3.47. The van der Waals surface area contributed by atoms with Crippen molar-refractivity contribution in [2.75, 3.05) is 7.11 Å². The predicted octanol–water partition coefficient (Wildman–Crippen LogP) is 6.23. The first-order chi connectivity index (χ1) is 17.2. The molecule has 0 radical (unpaired) electrons. The first-order valence-electron chi connectivity index (χ1n) is 11.1. The molecule has 0 spiro atoms. The van der Waals surface area contributed by atoms with Crippen molar-refractivity contribution in [3.63, 3.8) is 0 Å². The Morgan fingerprint density at radius 2 is 1.66 bits per heavy atom. The Balaban J connectivity index is 1.48. The lowest BCUT2D eigenvalue weighted by Crippen LogP contribution is -2.07. The van der Waals surface area contributed by atoms with E-state index >= 15 is 0 Å². The largest absolute Gasteiger partial charge is 0.496 e. The van der Waals surface area contributed by atoms with Crippen LogP contribution in [0.15, 0.2) is 84.0 Å². The topological polar surface area (TPSA) is 57.8 Å². The molecule has 0 aliphatic heterocycles. The summed E-state index contributed by atoms with van der Waals surface area (Å²) in [6.45, 7) is -2.06. The van der Waals surface area contributed by atoms with Crippen molar-refractivity contribution in [2.24, 2.45) is 0 Å². The van der Waals surface area contributed by atoms with Crippen LogP contribution in [0, 0.1) is 0 Å². The highest BCUT2D eigenvalue weighted by Gasteiger charge is 2.21. The lowest BCUT2D eigenvalue weighted by Gasteiger charge is -2.13. The second-order valence-corrected chi connectivity index (χ2v) is 8.79. The van der Waals surface area contributed by atoms with E-state index in [1.165, 1.54) is 17.3 Å². The maximum absolute atomic E-state index is 13.9. The van der Waals surface area contributed by atoms with Gasteiger partial charge in [0.2, 0.25) is 0 Å². The van der Waals surface area contributed by atoms with Gasteiger partial charge in [0.1, 0.15) is 11.6 Å². The zero-order chi connectivity index (χ0) is 24.2. The number of imidazole rings is 1. The van der Waals surface area contributed by atoms with E-state index < -0.39 is 6.55 Å². The van der Waals surface area contributed by atoms with Gasteiger partial charge in [-0.2, -0.15) is 8.78 Å². The van der Waals surface area contributed by atoms with Crippen LogP contribution in [0.4, 0.5) is 8.78 Å². The van der Waals surface area contributed by atoms with Crippen LogP contribution < -0.4 is 4.74 Å². The molecule has 0 aliphatic carbocycles. The molecule has 0 atom stereocenters. The second kappa shape index (κ2) is 10.3. The van der Waals surface area contributed by atoms with Gasteiger partial charge in [0.05, 0.1) is 29.5 Å². The van der Waals surface area contributed by atoms with Crippen molar-refractivity contribution in [1.82, 2.24) is 24.3 Å². The van der Waals surface area contributed by atoms with Crippen molar-refractivity contribution < 1.29 is 13.5 Å². The number of methoxy groups -OCH3 is 1. The molecule has 0 bridgehead atoms. The maximum atomic E-state index is 13.9. The number of hydrogen-bond acceptors (Lipinski definition) is 5. The Labute approximate surface area is 205 Å². The third-order valence-electron chi connectivity index (χ3n) is 5.73. The summed E-state index contributed by atoms with van der Waals surface area (Å²) in [5.74, 6) is 1.89. The highest BCUT2D eigenvalue weighted by atomic mass is 32.2. The fourth-order valence-electron chi connectivity index (χ4n) is 4.05. The van der Waals surface area contributed by atoms with E-state index in [-0.39, 0.29) is 5.75 Å². The van der Waals surface area contributed by atoms with E-state index in [1.54, 1.807) is 31.4 Å². The van der Waals surface area contributed by atoms with Gasteiger partial charge < -0.3 is 9.30 Å².